The maximum atomic E-state index is 11.9. The first-order chi connectivity index (χ1) is 11.0. The second kappa shape index (κ2) is 7.97. The predicted octanol–water partition coefficient (Wildman–Crippen LogP) is 3.54. The molecule has 0 saturated heterocycles. The monoisotopic (exact) mass is 315 g/mol. The van der Waals surface area contributed by atoms with E-state index in [0.29, 0.717) is 26.1 Å². The van der Waals surface area contributed by atoms with E-state index in [4.69, 9.17) is 9.47 Å². The van der Waals surface area contributed by atoms with Gasteiger partial charge in [-0.2, -0.15) is 0 Å². The molecule has 0 aliphatic heterocycles. The van der Waals surface area contributed by atoms with Crippen LogP contribution in [0, 0.1) is 0 Å². The minimum absolute atomic E-state index is 0.0224. The summed E-state index contributed by atoms with van der Waals surface area (Å²) in [7, 11) is 1.63. The smallest absolute Gasteiger partial charge is 0.220 e. The fourth-order valence-electron chi connectivity index (χ4n) is 2.52. The van der Waals surface area contributed by atoms with E-state index in [1.165, 1.54) is 5.39 Å². The third-order valence-corrected chi connectivity index (χ3v) is 3.52. The lowest BCUT2D eigenvalue weighted by atomic mass is 10.1. The van der Waals surface area contributed by atoms with Gasteiger partial charge in [0.15, 0.2) is 0 Å². The van der Waals surface area contributed by atoms with Crippen molar-refractivity contribution in [2.45, 2.75) is 32.2 Å². The lowest BCUT2D eigenvalue weighted by Crippen LogP contribution is -2.46. The Hall–Kier alpha value is -2.07. The van der Waals surface area contributed by atoms with E-state index < -0.39 is 0 Å². The molecule has 0 fully saturated rings. The van der Waals surface area contributed by atoms with E-state index in [9.17, 15) is 4.79 Å². The number of methoxy groups -OCH3 is 1. The second-order valence-electron chi connectivity index (χ2n) is 6.33. The number of rotatable bonds is 8. The lowest BCUT2D eigenvalue weighted by molar-refractivity contribution is -0.123. The van der Waals surface area contributed by atoms with Gasteiger partial charge in [0.25, 0.3) is 0 Å². The van der Waals surface area contributed by atoms with Gasteiger partial charge in [-0.1, -0.05) is 30.3 Å². The van der Waals surface area contributed by atoms with Gasteiger partial charge >= 0.3 is 0 Å². The average Bonchev–Trinajstić information content (AvgIpc) is 2.51. The third-order valence-electron chi connectivity index (χ3n) is 3.52. The van der Waals surface area contributed by atoms with Crippen molar-refractivity contribution in [2.75, 3.05) is 20.3 Å². The molecule has 4 nitrogen and oxygen atoms in total. The topological polar surface area (TPSA) is 47.6 Å². The Morgan fingerprint density at radius 2 is 1.87 bits per heavy atom. The Balaban J connectivity index is 1.75. The van der Waals surface area contributed by atoms with E-state index in [2.05, 4.69) is 17.4 Å². The highest BCUT2D eigenvalue weighted by molar-refractivity contribution is 5.83. The lowest BCUT2D eigenvalue weighted by Gasteiger charge is -2.25. The zero-order chi connectivity index (χ0) is 16.7. The molecule has 0 unspecified atom stereocenters. The van der Waals surface area contributed by atoms with E-state index in [1.807, 2.05) is 44.2 Å². The molecule has 2 rings (SSSR count). The summed E-state index contributed by atoms with van der Waals surface area (Å²) in [5.74, 6) is 0.859. The first kappa shape index (κ1) is 17.3. The molecular weight excluding hydrogens is 290 g/mol. The molecule has 2 aromatic rings. The van der Waals surface area contributed by atoms with Crippen LogP contribution in [0.3, 0.4) is 0 Å². The summed E-state index contributed by atoms with van der Waals surface area (Å²) in [4.78, 5) is 11.9. The molecule has 2 aromatic carbocycles. The van der Waals surface area contributed by atoms with Crippen LogP contribution >= 0.6 is 0 Å². The van der Waals surface area contributed by atoms with E-state index in [0.717, 1.165) is 11.1 Å². The van der Waals surface area contributed by atoms with Crippen LogP contribution in [0.1, 0.15) is 26.7 Å². The first-order valence-electron chi connectivity index (χ1n) is 7.92. The highest BCUT2D eigenvalue weighted by Gasteiger charge is 2.19. The molecule has 0 aliphatic carbocycles. The van der Waals surface area contributed by atoms with Gasteiger partial charge in [0.2, 0.25) is 5.91 Å². The minimum atomic E-state index is -0.342. The summed E-state index contributed by atoms with van der Waals surface area (Å²) >= 11 is 0. The van der Waals surface area contributed by atoms with Crippen LogP contribution in [0.4, 0.5) is 0 Å². The molecule has 1 N–H and O–H groups in total. The largest absolute Gasteiger partial charge is 0.494 e. The molecule has 0 saturated carbocycles. The number of fused-ring (bicyclic) bond motifs is 1. The van der Waals surface area contributed by atoms with Crippen LogP contribution in [0.25, 0.3) is 10.8 Å². The minimum Gasteiger partial charge on any atom is -0.494 e. The normalized spacial score (nSPS) is 11.4. The van der Waals surface area contributed by atoms with E-state index in [1.54, 1.807) is 7.11 Å². The molecule has 0 spiro atoms. The number of benzene rings is 2. The summed E-state index contributed by atoms with van der Waals surface area (Å²) in [5, 5.41) is 5.31. The molecule has 0 bridgehead atoms. The number of hydrogen-bond acceptors (Lipinski definition) is 3. The molecule has 124 valence electrons. The molecular formula is C19H25NO3. The van der Waals surface area contributed by atoms with Gasteiger partial charge < -0.3 is 14.8 Å². The number of carbonyl (C=O) groups is 1. The Morgan fingerprint density at radius 3 is 2.61 bits per heavy atom. The maximum Gasteiger partial charge on any atom is 0.220 e. The Labute approximate surface area is 137 Å². The van der Waals surface area contributed by atoms with Gasteiger partial charge in [0.05, 0.1) is 18.8 Å². The number of ether oxygens (including phenoxy) is 2. The average molecular weight is 315 g/mol. The molecule has 0 radical (unpaired) electrons. The van der Waals surface area contributed by atoms with E-state index >= 15 is 0 Å². The van der Waals surface area contributed by atoms with Crippen molar-refractivity contribution < 1.29 is 14.3 Å². The molecule has 1 amide bonds. The molecule has 4 heteroatoms. The Kier molecular flexibility index (Phi) is 5.99. The number of carbonyl (C=O) groups excluding carboxylic acids is 1. The van der Waals surface area contributed by atoms with Crippen molar-refractivity contribution in [3.63, 3.8) is 0 Å². The van der Waals surface area contributed by atoms with Crippen LogP contribution in [-0.2, 0) is 9.53 Å². The Morgan fingerprint density at radius 1 is 1.13 bits per heavy atom. The molecule has 0 heterocycles. The highest BCUT2D eigenvalue weighted by Crippen LogP contribution is 2.20. The Bertz CT molecular complexity index is 652. The second-order valence-corrected chi connectivity index (χ2v) is 6.33. The summed E-state index contributed by atoms with van der Waals surface area (Å²) in [6, 6.07) is 14.2. The summed E-state index contributed by atoms with van der Waals surface area (Å²) in [6.45, 7) is 4.91. The van der Waals surface area contributed by atoms with Gasteiger partial charge in [0.1, 0.15) is 5.75 Å². The van der Waals surface area contributed by atoms with Crippen molar-refractivity contribution in [3.05, 3.63) is 42.5 Å². The first-order valence-corrected chi connectivity index (χ1v) is 7.92. The SMILES string of the molecule is COCC(C)(C)NC(=O)CCCOc1ccc2ccccc2c1. The van der Waals surface area contributed by atoms with E-state index in [-0.39, 0.29) is 11.4 Å². The standard InChI is InChI=1S/C19H25NO3/c1-19(2,14-22-3)20-18(21)9-6-12-23-17-11-10-15-7-4-5-8-16(15)13-17/h4-5,7-8,10-11,13H,6,9,12,14H2,1-3H3,(H,20,21). The van der Waals surface area contributed by atoms with Crippen LogP contribution in [0.2, 0.25) is 0 Å². The van der Waals surface area contributed by atoms with Gasteiger partial charge in [-0.05, 0) is 43.2 Å². The number of amides is 1. The van der Waals surface area contributed by atoms with Crippen molar-refractivity contribution in [2.24, 2.45) is 0 Å². The van der Waals surface area contributed by atoms with Crippen LogP contribution < -0.4 is 10.1 Å². The fraction of sp³-hybridized carbons (Fsp3) is 0.421. The van der Waals surface area contributed by atoms with Gasteiger partial charge in [-0.15, -0.1) is 0 Å². The van der Waals surface area contributed by atoms with Crippen LogP contribution in [0.15, 0.2) is 42.5 Å². The highest BCUT2D eigenvalue weighted by atomic mass is 16.5. The van der Waals surface area contributed by atoms with Crippen molar-refractivity contribution >= 4 is 16.7 Å². The van der Waals surface area contributed by atoms with Gasteiger partial charge in [0, 0.05) is 13.5 Å². The zero-order valence-corrected chi connectivity index (χ0v) is 14.1. The quantitative estimate of drug-likeness (QED) is 0.758. The zero-order valence-electron chi connectivity index (χ0n) is 14.1. The van der Waals surface area contributed by atoms with Crippen LogP contribution in [-0.4, -0.2) is 31.8 Å². The maximum absolute atomic E-state index is 11.9. The van der Waals surface area contributed by atoms with Gasteiger partial charge in [-0.25, -0.2) is 0 Å². The molecule has 23 heavy (non-hydrogen) atoms. The predicted molar refractivity (Wildman–Crippen MR) is 92.8 cm³/mol. The van der Waals surface area contributed by atoms with Crippen molar-refractivity contribution in [3.8, 4) is 5.75 Å². The fourth-order valence-corrected chi connectivity index (χ4v) is 2.52. The summed E-state index contributed by atoms with van der Waals surface area (Å²) in [5.41, 5.74) is -0.342. The summed E-state index contributed by atoms with van der Waals surface area (Å²) in [6.07, 6.45) is 1.13. The number of hydrogen-bond donors (Lipinski definition) is 1. The van der Waals surface area contributed by atoms with Crippen molar-refractivity contribution in [1.29, 1.82) is 0 Å². The molecule has 0 aliphatic rings. The van der Waals surface area contributed by atoms with Gasteiger partial charge in [-0.3, -0.25) is 4.79 Å². The summed E-state index contributed by atoms with van der Waals surface area (Å²) < 4.78 is 10.8. The third kappa shape index (κ3) is 5.57. The van der Waals surface area contributed by atoms with Crippen LogP contribution in [0.5, 0.6) is 5.75 Å². The molecule has 0 aromatic heterocycles. The molecule has 0 atom stereocenters. The van der Waals surface area contributed by atoms with Crippen molar-refractivity contribution in [1.82, 2.24) is 5.32 Å². The number of nitrogens with one attached hydrogen (secondary N) is 1.